The first-order valence-corrected chi connectivity index (χ1v) is 5.71. The first kappa shape index (κ1) is 11.0. The summed E-state index contributed by atoms with van der Waals surface area (Å²) in [5.74, 6) is 0. The molecule has 13 heavy (non-hydrogen) atoms. The Balaban J connectivity index is 2.22. The molecule has 1 N–H and O–H groups in total. The van der Waals surface area contributed by atoms with E-state index in [2.05, 4.69) is 31.1 Å². The number of nitrogens with one attached hydrogen (secondary N) is 1. The molecule has 0 atom stereocenters. The molecule has 0 spiro atoms. The highest BCUT2D eigenvalue weighted by Gasteiger charge is 2.22. The van der Waals surface area contributed by atoms with E-state index in [-0.39, 0.29) is 0 Å². The molecule has 2 heteroatoms. The van der Waals surface area contributed by atoms with Gasteiger partial charge in [0.1, 0.15) is 0 Å². The molecular weight excluding hydrogens is 160 g/mol. The minimum absolute atomic E-state index is 0.798. The Morgan fingerprint density at radius 3 is 2.23 bits per heavy atom. The van der Waals surface area contributed by atoms with Crippen LogP contribution in [0.3, 0.4) is 0 Å². The van der Waals surface area contributed by atoms with Crippen LogP contribution in [0.25, 0.3) is 0 Å². The van der Waals surface area contributed by atoms with Gasteiger partial charge in [-0.1, -0.05) is 13.8 Å². The molecule has 0 aromatic rings. The predicted octanol–water partition coefficient (Wildman–Crippen LogP) is 1.86. The predicted molar refractivity (Wildman–Crippen MR) is 58.0 cm³/mol. The van der Waals surface area contributed by atoms with Crippen LogP contribution in [0.15, 0.2) is 0 Å². The normalized spacial score (nSPS) is 29.5. The van der Waals surface area contributed by atoms with Gasteiger partial charge >= 0.3 is 0 Å². The highest BCUT2D eigenvalue weighted by molar-refractivity contribution is 4.80. The minimum atomic E-state index is 0.798. The summed E-state index contributed by atoms with van der Waals surface area (Å²) in [5, 5.41) is 3.54. The van der Waals surface area contributed by atoms with Gasteiger partial charge in [-0.2, -0.15) is 0 Å². The smallest absolute Gasteiger partial charge is 0.00932 e. The van der Waals surface area contributed by atoms with Gasteiger partial charge in [0.05, 0.1) is 0 Å². The van der Waals surface area contributed by atoms with Gasteiger partial charge in [0.15, 0.2) is 0 Å². The maximum absolute atomic E-state index is 3.54. The van der Waals surface area contributed by atoms with Crippen LogP contribution in [0.5, 0.6) is 0 Å². The van der Waals surface area contributed by atoms with Gasteiger partial charge in [-0.05, 0) is 45.8 Å². The van der Waals surface area contributed by atoms with Crippen LogP contribution in [-0.4, -0.2) is 37.1 Å². The minimum Gasteiger partial charge on any atom is -0.314 e. The summed E-state index contributed by atoms with van der Waals surface area (Å²) in [6.45, 7) is 6.76. The summed E-state index contributed by atoms with van der Waals surface area (Å²) in [5.41, 5.74) is 0. The van der Waals surface area contributed by atoms with E-state index in [0.29, 0.717) is 0 Å². The lowest BCUT2D eigenvalue weighted by Gasteiger charge is -2.34. The molecule has 0 aliphatic heterocycles. The Bertz CT molecular complexity index is 128. The summed E-state index contributed by atoms with van der Waals surface area (Å²) >= 11 is 0. The quantitative estimate of drug-likeness (QED) is 0.717. The largest absolute Gasteiger partial charge is 0.314 e. The van der Waals surface area contributed by atoms with Crippen molar-refractivity contribution in [2.24, 2.45) is 0 Å². The second-order valence-corrected chi connectivity index (χ2v) is 4.14. The molecule has 1 aliphatic carbocycles. The Labute approximate surface area is 82.7 Å². The molecular formula is C11H24N2. The average Bonchev–Trinajstić information content (AvgIpc) is 2.18. The number of rotatable bonds is 4. The molecule has 1 saturated carbocycles. The molecule has 2 nitrogen and oxygen atoms in total. The molecule has 0 saturated heterocycles. The molecule has 78 valence electrons. The van der Waals surface area contributed by atoms with Crippen LogP contribution in [0.1, 0.15) is 39.5 Å². The van der Waals surface area contributed by atoms with Crippen molar-refractivity contribution in [3.63, 3.8) is 0 Å². The van der Waals surface area contributed by atoms with Crippen LogP contribution in [0.4, 0.5) is 0 Å². The second-order valence-electron chi connectivity index (χ2n) is 4.14. The molecule has 1 aliphatic rings. The fourth-order valence-corrected chi connectivity index (χ4v) is 2.27. The number of hydrogen-bond donors (Lipinski definition) is 1. The summed E-state index contributed by atoms with van der Waals surface area (Å²) in [6.07, 6.45) is 5.48. The van der Waals surface area contributed by atoms with E-state index in [9.17, 15) is 0 Å². The maximum atomic E-state index is 3.54. The lowest BCUT2D eigenvalue weighted by atomic mass is 9.90. The van der Waals surface area contributed by atoms with E-state index in [1.807, 2.05) is 0 Å². The van der Waals surface area contributed by atoms with E-state index < -0.39 is 0 Å². The zero-order valence-corrected chi connectivity index (χ0v) is 9.34. The Morgan fingerprint density at radius 1 is 1.15 bits per heavy atom. The van der Waals surface area contributed by atoms with Gasteiger partial charge in [-0.3, -0.25) is 0 Å². The van der Waals surface area contributed by atoms with Crippen molar-refractivity contribution in [1.29, 1.82) is 0 Å². The third kappa shape index (κ3) is 3.28. The zero-order valence-electron chi connectivity index (χ0n) is 9.34. The topological polar surface area (TPSA) is 15.3 Å². The van der Waals surface area contributed by atoms with Crippen molar-refractivity contribution in [1.82, 2.24) is 10.2 Å². The van der Waals surface area contributed by atoms with Crippen molar-refractivity contribution in [2.45, 2.75) is 51.6 Å². The van der Waals surface area contributed by atoms with E-state index in [1.54, 1.807) is 0 Å². The van der Waals surface area contributed by atoms with Gasteiger partial charge in [-0.25, -0.2) is 0 Å². The Morgan fingerprint density at radius 2 is 1.77 bits per heavy atom. The monoisotopic (exact) mass is 184 g/mol. The van der Waals surface area contributed by atoms with Crippen LogP contribution >= 0.6 is 0 Å². The van der Waals surface area contributed by atoms with Crippen molar-refractivity contribution in [3.05, 3.63) is 0 Å². The first-order valence-electron chi connectivity index (χ1n) is 5.71. The summed E-state index contributed by atoms with van der Waals surface area (Å²) in [6, 6.07) is 1.64. The van der Waals surface area contributed by atoms with E-state index in [4.69, 9.17) is 0 Å². The molecule has 0 bridgehead atoms. The third-order valence-electron chi connectivity index (χ3n) is 3.31. The molecule has 0 amide bonds. The standard InChI is InChI=1S/C11H24N2/c1-4-12-10-6-8-11(9-7-10)13(3)5-2/h10-12H,4-9H2,1-3H3/t10-,11-. The molecule has 0 aromatic heterocycles. The highest BCUT2D eigenvalue weighted by atomic mass is 15.1. The fraction of sp³-hybridized carbons (Fsp3) is 1.00. The maximum Gasteiger partial charge on any atom is 0.00932 e. The molecule has 0 aromatic carbocycles. The van der Waals surface area contributed by atoms with Crippen LogP contribution in [0, 0.1) is 0 Å². The van der Waals surface area contributed by atoms with Crippen LogP contribution in [0.2, 0.25) is 0 Å². The van der Waals surface area contributed by atoms with Gasteiger partial charge in [0, 0.05) is 12.1 Å². The van der Waals surface area contributed by atoms with Crippen molar-refractivity contribution >= 4 is 0 Å². The van der Waals surface area contributed by atoms with Crippen molar-refractivity contribution in [3.8, 4) is 0 Å². The molecule has 1 fully saturated rings. The lowest BCUT2D eigenvalue weighted by molar-refractivity contribution is 0.182. The summed E-state index contributed by atoms with van der Waals surface area (Å²) in [4.78, 5) is 2.49. The van der Waals surface area contributed by atoms with Crippen molar-refractivity contribution < 1.29 is 0 Å². The molecule has 0 radical (unpaired) electrons. The van der Waals surface area contributed by atoms with E-state index in [1.165, 1.54) is 32.2 Å². The Hall–Kier alpha value is -0.0800. The molecule has 0 heterocycles. The van der Waals surface area contributed by atoms with E-state index >= 15 is 0 Å². The van der Waals surface area contributed by atoms with Gasteiger partial charge < -0.3 is 10.2 Å². The highest BCUT2D eigenvalue weighted by Crippen LogP contribution is 2.21. The summed E-state index contributed by atoms with van der Waals surface area (Å²) < 4.78 is 0. The SMILES string of the molecule is CCN[C@H]1CC[C@H](N(C)CC)CC1. The van der Waals surface area contributed by atoms with Crippen LogP contribution in [-0.2, 0) is 0 Å². The number of hydrogen-bond acceptors (Lipinski definition) is 2. The number of nitrogens with zero attached hydrogens (tertiary/aromatic N) is 1. The average molecular weight is 184 g/mol. The second kappa shape index (κ2) is 5.61. The van der Waals surface area contributed by atoms with Gasteiger partial charge in [0.25, 0.3) is 0 Å². The molecule has 1 rings (SSSR count). The lowest BCUT2D eigenvalue weighted by Crippen LogP contribution is -2.40. The zero-order chi connectivity index (χ0) is 9.68. The van der Waals surface area contributed by atoms with Gasteiger partial charge in [0.2, 0.25) is 0 Å². The van der Waals surface area contributed by atoms with E-state index in [0.717, 1.165) is 18.6 Å². The van der Waals surface area contributed by atoms with Gasteiger partial charge in [-0.15, -0.1) is 0 Å². The summed E-state index contributed by atoms with van der Waals surface area (Å²) in [7, 11) is 2.25. The first-order chi connectivity index (χ1) is 6.27. The van der Waals surface area contributed by atoms with Crippen molar-refractivity contribution in [2.75, 3.05) is 20.1 Å². The Kier molecular flexibility index (Phi) is 4.74. The third-order valence-corrected chi connectivity index (χ3v) is 3.31. The van der Waals surface area contributed by atoms with Crippen LogP contribution < -0.4 is 5.32 Å². The fourth-order valence-electron chi connectivity index (χ4n) is 2.27. The molecule has 0 unspecified atom stereocenters.